The van der Waals surface area contributed by atoms with Crippen molar-refractivity contribution in [2.45, 2.75) is 64.7 Å². The third kappa shape index (κ3) is 5.64. The van der Waals surface area contributed by atoms with E-state index in [0.717, 1.165) is 18.8 Å². The van der Waals surface area contributed by atoms with Crippen LogP contribution in [-0.4, -0.2) is 28.3 Å². The quantitative estimate of drug-likeness (QED) is 0.625. The lowest BCUT2D eigenvalue weighted by Crippen LogP contribution is -2.44. The monoisotopic (exact) mass is 359 g/mol. The molecule has 142 valence electrons. The fraction of sp³-hybridized carbons (Fsp3) is 0.765. The summed E-state index contributed by atoms with van der Waals surface area (Å²) in [6.07, 6.45) is 2.65. The summed E-state index contributed by atoms with van der Waals surface area (Å²) < 4.78 is 40.2. The number of nitrogens with one attached hydrogen (secondary N) is 2. The van der Waals surface area contributed by atoms with Gasteiger partial charge in [-0.1, -0.05) is 13.3 Å². The lowest BCUT2D eigenvalue weighted by atomic mass is 9.84. The van der Waals surface area contributed by atoms with Crippen LogP contribution in [0.25, 0.3) is 0 Å². The van der Waals surface area contributed by atoms with Gasteiger partial charge in [-0.3, -0.25) is 4.68 Å². The summed E-state index contributed by atoms with van der Waals surface area (Å²) in [6, 6.07) is 0.330. The largest absolute Gasteiger partial charge is 0.435 e. The van der Waals surface area contributed by atoms with Gasteiger partial charge in [0.1, 0.15) is 0 Å². The van der Waals surface area contributed by atoms with Crippen LogP contribution in [0, 0.1) is 5.92 Å². The molecular weight excluding hydrogens is 331 g/mol. The Labute approximate surface area is 147 Å². The van der Waals surface area contributed by atoms with E-state index in [-0.39, 0.29) is 12.1 Å². The molecule has 8 heteroatoms. The molecule has 1 saturated carbocycles. The lowest BCUT2D eigenvalue weighted by molar-refractivity contribution is -0.142. The van der Waals surface area contributed by atoms with Crippen LogP contribution >= 0.6 is 0 Å². The molecule has 25 heavy (non-hydrogen) atoms. The number of guanidine groups is 1. The molecule has 1 fully saturated rings. The number of nitrogens with zero attached hydrogens (tertiary/aromatic N) is 3. The highest BCUT2D eigenvalue weighted by atomic mass is 19.4. The summed E-state index contributed by atoms with van der Waals surface area (Å²) in [5.41, 5.74) is -0.778. The zero-order chi connectivity index (χ0) is 18.4. The van der Waals surface area contributed by atoms with E-state index in [4.69, 9.17) is 0 Å². The van der Waals surface area contributed by atoms with Crippen LogP contribution in [0.2, 0.25) is 0 Å². The van der Waals surface area contributed by atoms with Crippen molar-refractivity contribution in [2.24, 2.45) is 18.0 Å². The summed E-state index contributed by atoms with van der Waals surface area (Å²) >= 11 is 0. The van der Waals surface area contributed by atoms with Gasteiger partial charge in [0, 0.05) is 31.4 Å². The average Bonchev–Trinajstić information content (AvgIpc) is 2.95. The molecule has 1 aliphatic carbocycles. The molecule has 0 radical (unpaired) electrons. The minimum atomic E-state index is -4.46. The first-order chi connectivity index (χ1) is 11.8. The number of halogens is 3. The second-order valence-electron chi connectivity index (χ2n) is 6.64. The van der Waals surface area contributed by atoms with E-state index in [0.29, 0.717) is 18.5 Å². The highest BCUT2D eigenvalue weighted by molar-refractivity contribution is 5.80. The molecular formula is C17H28F3N5. The van der Waals surface area contributed by atoms with E-state index in [1.54, 1.807) is 0 Å². The number of hydrogen-bond donors (Lipinski definition) is 2. The molecule has 0 unspecified atom stereocenters. The summed E-state index contributed by atoms with van der Waals surface area (Å²) in [5, 5.41) is 10.0. The first-order valence-corrected chi connectivity index (χ1v) is 8.98. The molecule has 0 atom stereocenters. The number of aromatic nitrogens is 2. The maximum atomic E-state index is 13.0. The van der Waals surface area contributed by atoms with Crippen LogP contribution in [0.1, 0.15) is 57.2 Å². The summed E-state index contributed by atoms with van der Waals surface area (Å²) in [4.78, 5) is 4.35. The number of aliphatic imine (C=N–C) groups is 1. The van der Waals surface area contributed by atoms with Gasteiger partial charge in [-0.2, -0.15) is 18.3 Å². The number of rotatable bonds is 5. The number of alkyl halides is 3. The zero-order valence-electron chi connectivity index (χ0n) is 15.2. The van der Waals surface area contributed by atoms with E-state index in [2.05, 4.69) is 27.6 Å². The summed E-state index contributed by atoms with van der Waals surface area (Å²) in [5.74, 6) is 1.36. The van der Waals surface area contributed by atoms with Gasteiger partial charge < -0.3 is 10.6 Å². The van der Waals surface area contributed by atoms with Crippen LogP contribution in [0.3, 0.4) is 0 Å². The van der Waals surface area contributed by atoms with Gasteiger partial charge in [0.2, 0.25) is 0 Å². The normalized spacial score (nSPS) is 22.1. The van der Waals surface area contributed by atoms with Gasteiger partial charge >= 0.3 is 6.18 Å². The Morgan fingerprint density at radius 3 is 2.52 bits per heavy atom. The van der Waals surface area contributed by atoms with Crippen LogP contribution < -0.4 is 10.6 Å². The molecule has 0 spiro atoms. The molecule has 0 aliphatic heterocycles. The van der Waals surface area contributed by atoms with Crippen molar-refractivity contribution in [2.75, 3.05) is 6.54 Å². The van der Waals surface area contributed by atoms with Gasteiger partial charge in [-0.25, -0.2) is 4.99 Å². The van der Waals surface area contributed by atoms with Crippen LogP contribution in [0.4, 0.5) is 13.2 Å². The maximum Gasteiger partial charge on any atom is 0.435 e. The average molecular weight is 359 g/mol. The third-order valence-electron chi connectivity index (χ3n) is 4.69. The molecule has 1 heterocycles. The minimum absolute atomic E-state index is 0.0533. The van der Waals surface area contributed by atoms with Crippen molar-refractivity contribution in [3.63, 3.8) is 0 Å². The van der Waals surface area contributed by atoms with Gasteiger partial charge in [0.15, 0.2) is 11.7 Å². The summed E-state index contributed by atoms with van der Waals surface area (Å²) in [6.45, 7) is 4.77. The highest BCUT2D eigenvalue weighted by Gasteiger charge is 2.36. The standard InChI is InChI=1S/C17H28F3N5/c1-4-12-6-8-14(9-7-12)23-16(21-5-2)22-10-13-11-25(3)24-15(13)17(18,19)20/h11-12,14H,4-10H2,1-3H3,(H2,21,22,23). The third-order valence-corrected chi connectivity index (χ3v) is 4.69. The fourth-order valence-electron chi connectivity index (χ4n) is 3.28. The minimum Gasteiger partial charge on any atom is -0.357 e. The Morgan fingerprint density at radius 2 is 1.96 bits per heavy atom. The molecule has 5 nitrogen and oxygen atoms in total. The molecule has 1 aromatic rings. The molecule has 1 aliphatic rings. The van der Waals surface area contributed by atoms with Gasteiger partial charge in [-0.15, -0.1) is 0 Å². The number of hydrogen-bond acceptors (Lipinski definition) is 2. The van der Waals surface area contributed by atoms with Crippen molar-refractivity contribution in [1.82, 2.24) is 20.4 Å². The van der Waals surface area contributed by atoms with Crippen LogP contribution in [0.5, 0.6) is 0 Å². The lowest BCUT2D eigenvalue weighted by Gasteiger charge is -2.29. The van der Waals surface area contributed by atoms with Crippen molar-refractivity contribution in [1.29, 1.82) is 0 Å². The van der Waals surface area contributed by atoms with Crippen molar-refractivity contribution in [3.05, 3.63) is 17.5 Å². The van der Waals surface area contributed by atoms with E-state index < -0.39 is 11.9 Å². The molecule has 0 amide bonds. The second-order valence-corrected chi connectivity index (χ2v) is 6.64. The summed E-state index contributed by atoms with van der Waals surface area (Å²) in [7, 11) is 1.48. The Kier molecular flexibility index (Phi) is 6.72. The van der Waals surface area contributed by atoms with Crippen LogP contribution in [0.15, 0.2) is 11.2 Å². The van der Waals surface area contributed by atoms with E-state index in [1.807, 2.05) is 6.92 Å². The Balaban J connectivity index is 2.03. The first-order valence-electron chi connectivity index (χ1n) is 8.98. The Morgan fingerprint density at radius 1 is 1.28 bits per heavy atom. The first kappa shape index (κ1) is 19.6. The topological polar surface area (TPSA) is 54.2 Å². The number of aryl methyl sites for hydroxylation is 1. The SMILES string of the molecule is CCNC(=NCc1cn(C)nc1C(F)(F)F)NC1CCC(CC)CC1. The van der Waals surface area contributed by atoms with Crippen molar-refractivity contribution >= 4 is 5.96 Å². The smallest absolute Gasteiger partial charge is 0.357 e. The molecule has 2 N–H and O–H groups in total. The van der Waals surface area contributed by atoms with Crippen LogP contribution in [-0.2, 0) is 19.8 Å². The molecule has 2 rings (SSSR count). The Bertz CT molecular complexity index is 571. The van der Waals surface area contributed by atoms with Crippen molar-refractivity contribution in [3.8, 4) is 0 Å². The Hall–Kier alpha value is -1.73. The molecule has 1 aromatic heterocycles. The second kappa shape index (κ2) is 8.58. The van der Waals surface area contributed by atoms with Gasteiger partial charge in [0.05, 0.1) is 6.54 Å². The highest BCUT2D eigenvalue weighted by Crippen LogP contribution is 2.31. The van der Waals surface area contributed by atoms with E-state index in [1.165, 1.54) is 37.2 Å². The van der Waals surface area contributed by atoms with Gasteiger partial charge in [-0.05, 0) is 38.5 Å². The van der Waals surface area contributed by atoms with E-state index >= 15 is 0 Å². The molecule has 0 aromatic carbocycles. The molecule has 0 bridgehead atoms. The van der Waals surface area contributed by atoms with Crippen molar-refractivity contribution < 1.29 is 13.2 Å². The fourth-order valence-corrected chi connectivity index (χ4v) is 3.28. The predicted molar refractivity (Wildman–Crippen MR) is 92.2 cm³/mol. The molecule has 0 saturated heterocycles. The zero-order valence-corrected chi connectivity index (χ0v) is 15.2. The van der Waals surface area contributed by atoms with Gasteiger partial charge in [0.25, 0.3) is 0 Å². The predicted octanol–water partition coefficient (Wildman–Crippen LogP) is 3.46. The maximum absolute atomic E-state index is 13.0. The van der Waals surface area contributed by atoms with E-state index in [9.17, 15) is 13.2 Å².